The molecule has 0 aromatic rings. The van der Waals surface area contributed by atoms with Gasteiger partial charge in [-0.3, -0.25) is 0 Å². The van der Waals surface area contributed by atoms with Crippen molar-refractivity contribution in [2.75, 3.05) is 0 Å². The molecule has 11 radical (unpaired) electrons. The van der Waals surface area contributed by atoms with Crippen molar-refractivity contribution in [2.45, 2.75) is 94.9 Å². The van der Waals surface area contributed by atoms with Gasteiger partial charge in [0.05, 0.1) is 0 Å². The SMILES string of the molecule is C[C]1[C](C)[C](C)[C](C)[C]1C.C[C]1[C](C)[C](C)[C](C)[C]1C.[CH-]1C[C@H]2CC[C@@H]1C2.[Y]. The molecule has 0 aliphatic heterocycles. The monoisotopic (exact) mass is 454 g/mol. The zero-order valence-electron chi connectivity index (χ0n) is 20.1. The fourth-order valence-corrected chi connectivity index (χ4v) is 4.74. The number of hydrogen-bond acceptors (Lipinski definition) is 0. The van der Waals surface area contributed by atoms with Crippen molar-refractivity contribution < 1.29 is 32.7 Å². The summed E-state index contributed by atoms with van der Waals surface area (Å²) in [5, 5.41) is 0. The van der Waals surface area contributed by atoms with Crippen molar-refractivity contribution in [3.05, 3.63) is 65.6 Å². The molecule has 0 spiro atoms. The Labute approximate surface area is 204 Å². The van der Waals surface area contributed by atoms with E-state index in [0.29, 0.717) is 0 Å². The minimum absolute atomic E-state index is 0. The Morgan fingerprint density at radius 3 is 0.857 bits per heavy atom. The first kappa shape index (κ1) is 27.1. The second-order valence-electron chi connectivity index (χ2n) is 9.16. The third-order valence-electron chi connectivity index (χ3n) is 8.01. The number of hydrogen-bond donors (Lipinski definition) is 0. The summed E-state index contributed by atoms with van der Waals surface area (Å²) < 4.78 is 0. The van der Waals surface area contributed by atoms with E-state index in [1.54, 1.807) is 0 Å². The van der Waals surface area contributed by atoms with E-state index < -0.39 is 0 Å². The van der Waals surface area contributed by atoms with Gasteiger partial charge in [-0.25, -0.2) is 0 Å². The topological polar surface area (TPSA) is 0 Å². The van der Waals surface area contributed by atoms with E-state index in [1.807, 2.05) is 0 Å². The van der Waals surface area contributed by atoms with Crippen LogP contribution < -0.4 is 0 Å². The average Bonchev–Trinajstić information content (AvgIpc) is 3.40. The summed E-state index contributed by atoms with van der Waals surface area (Å²) in [6.07, 6.45) is 8.50. The van der Waals surface area contributed by atoms with Gasteiger partial charge in [0.15, 0.2) is 0 Å². The Hall–Kier alpha value is 1.10. The van der Waals surface area contributed by atoms with Crippen LogP contribution in [-0.2, 0) is 32.7 Å². The Bertz CT molecular complexity index is 308. The van der Waals surface area contributed by atoms with E-state index in [9.17, 15) is 0 Å². The minimum atomic E-state index is 0. The van der Waals surface area contributed by atoms with E-state index in [0.717, 1.165) is 11.8 Å². The molecule has 0 heterocycles. The molecule has 0 aromatic heterocycles. The van der Waals surface area contributed by atoms with E-state index in [4.69, 9.17) is 0 Å². The zero-order chi connectivity index (χ0) is 20.5. The summed E-state index contributed by atoms with van der Waals surface area (Å²) in [7, 11) is 0. The van der Waals surface area contributed by atoms with Gasteiger partial charge in [-0.2, -0.15) is 12.3 Å². The Balaban J connectivity index is 0.000000209. The summed E-state index contributed by atoms with van der Waals surface area (Å²) in [5.74, 6) is 16.8. The molecule has 0 unspecified atom stereocenters. The van der Waals surface area contributed by atoms with Gasteiger partial charge in [0.25, 0.3) is 0 Å². The van der Waals surface area contributed by atoms with Crippen LogP contribution in [0.5, 0.6) is 0 Å². The summed E-state index contributed by atoms with van der Waals surface area (Å²) in [6, 6.07) is 0. The Morgan fingerprint density at radius 2 is 0.786 bits per heavy atom. The van der Waals surface area contributed by atoms with Crippen molar-refractivity contribution >= 4 is 0 Å². The standard InChI is InChI=1S/2C10H15.C7H11.Y/c2*1-6-7(2)9(4)10(5)8(6)3;1-2-7-4-3-6(1)5-7;/h2*1-5H3;1,6-7H,2-5H2;/q;;-1;/t;;6-,7+;/m..1./s1. The first-order chi connectivity index (χ1) is 12.6. The first-order valence-corrected chi connectivity index (χ1v) is 10.8. The van der Waals surface area contributed by atoms with Crippen LogP contribution in [0.2, 0.25) is 0 Å². The Kier molecular flexibility index (Phi) is 11.3. The summed E-state index contributed by atoms with van der Waals surface area (Å²) in [4.78, 5) is 0. The van der Waals surface area contributed by atoms with Gasteiger partial charge in [-0.15, -0.1) is 0 Å². The average molecular weight is 455 g/mol. The van der Waals surface area contributed by atoms with Crippen LogP contribution in [0.1, 0.15) is 94.9 Å². The summed E-state index contributed by atoms with van der Waals surface area (Å²) in [6.45, 7) is 22.0. The zero-order valence-corrected chi connectivity index (χ0v) is 23.0. The molecule has 153 valence electrons. The molecule has 2 bridgehead atoms. The second-order valence-corrected chi connectivity index (χ2v) is 9.16. The normalized spacial score (nSPS) is 32.4. The van der Waals surface area contributed by atoms with E-state index >= 15 is 0 Å². The van der Waals surface area contributed by atoms with Crippen LogP contribution >= 0.6 is 0 Å². The largest absolute Gasteiger partial charge is 0.325 e. The molecule has 2 atom stereocenters. The van der Waals surface area contributed by atoms with E-state index in [1.165, 1.54) is 84.9 Å². The maximum absolute atomic E-state index is 2.51. The molecule has 4 aliphatic rings. The number of fused-ring (bicyclic) bond motifs is 2. The quantitative estimate of drug-likeness (QED) is 0.326. The third kappa shape index (κ3) is 6.08. The molecule has 4 rings (SSSR count). The molecular weight excluding hydrogens is 413 g/mol. The van der Waals surface area contributed by atoms with Crippen LogP contribution in [0, 0.1) is 77.4 Å². The number of rotatable bonds is 0. The van der Waals surface area contributed by atoms with Crippen LogP contribution in [0.25, 0.3) is 0 Å². The molecule has 28 heavy (non-hydrogen) atoms. The molecule has 0 aromatic carbocycles. The minimum Gasteiger partial charge on any atom is -0.325 e. The van der Waals surface area contributed by atoms with E-state index in [2.05, 4.69) is 75.7 Å². The summed E-state index contributed by atoms with van der Waals surface area (Å²) in [5.41, 5.74) is 0. The van der Waals surface area contributed by atoms with E-state index in [-0.39, 0.29) is 32.7 Å². The van der Waals surface area contributed by atoms with Gasteiger partial charge in [0, 0.05) is 32.7 Å². The van der Waals surface area contributed by atoms with Crippen molar-refractivity contribution in [3.63, 3.8) is 0 Å². The fraction of sp³-hybridized carbons (Fsp3) is 0.593. The molecular formula is C27H41Y-. The molecule has 4 aliphatic carbocycles. The Morgan fingerprint density at radius 1 is 0.500 bits per heavy atom. The van der Waals surface area contributed by atoms with Crippen LogP contribution in [-0.4, -0.2) is 0 Å². The molecule has 1 heteroatoms. The molecule has 0 nitrogen and oxygen atoms in total. The molecule has 0 N–H and O–H groups in total. The molecule has 0 amide bonds. The van der Waals surface area contributed by atoms with Gasteiger partial charge in [0.1, 0.15) is 0 Å². The maximum Gasteiger partial charge on any atom is 0 e. The third-order valence-corrected chi connectivity index (χ3v) is 8.01. The van der Waals surface area contributed by atoms with Gasteiger partial charge in [-0.1, -0.05) is 94.4 Å². The predicted octanol–water partition coefficient (Wildman–Crippen LogP) is 7.95. The molecule has 4 saturated carbocycles. The maximum atomic E-state index is 2.51. The fourth-order valence-electron chi connectivity index (χ4n) is 4.74. The van der Waals surface area contributed by atoms with Gasteiger partial charge in [-0.05, 0) is 59.2 Å². The van der Waals surface area contributed by atoms with Crippen molar-refractivity contribution in [1.82, 2.24) is 0 Å². The summed E-state index contributed by atoms with van der Waals surface area (Å²) >= 11 is 0. The second kappa shape index (κ2) is 11.6. The van der Waals surface area contributed by atoms with Crippen LogP contribution in [0.4, 0.5) is 0 Å². The van der Waals surface area contributed by atoms with Crippen LogP contribution in [0.3, 0.4) is 0 Å². The van der Waals surface area contributed by atoms with Gasteiger partial charge in [0.2, 0.25) is 0 Å². The molecule has 0 saturated heterocycles. The van der Waals surface area contributed by atoms with Gasteiger partial charge < -0.3 is 6.42 Å². The van der Waals surface area contributed by atoms with Gasteiger partial charge >= 0.3 is 0 Å². The predicted molar refractivity (Wildman–Crippen MR) is 119 cm³/mol. The molecule has 4 fully saturated rings. The van der Waals surface area contributed by atoms with Crippen LogP contribution in [0.15, 0.2) is 0 Å². The van der Waals surface area contributed by atoms with Crippen molar-refractivity contribution in [2.24, 2.45) is 11.8 Å². The van der Waals surface area contributed by atoms with Crippen molar-refractivity contribution in [3.8, 4) is 0 Å². The van der Waals surface area contributed by atoms with Crippen molar-refractivity contribution in [1.29, 1.82) is 0 Å². The smallest absolute Gasteiger partial charge is 0 e. The first-order valence-electron chi connectivity index (χ1n) is 10.8.